The van der Waals surface area contributed by atoms with Gasteiger partial charge in [-0.1, -0.05) is 13.3 Å². The van der Waals surface area contributed by atoms with E-state index in [2.05, 4.69) is 10.3 Å². The van der Waals surface area contributed by atoms with Crippen LogP contribution in [0.5, 0.6) is 0 Å². The first kappa shape index (κ1) is 11.8. The number of hydrogen-bond donors (Lipinski definition) is 3. The van der Waals surface area contributed by atoms with E-state index in [1.807, 2.05) is 13.8 Å². The monoisotopic (exact) mass is 210 g/mol. The third kappa shape index (κ3) is 3.40. The third-order valence-corrected chi connectivity index (χ3v) is 2.32. The number of rotatable bonds is 5. The first-order chi connectivity index (χ1) is 7.15. The number of hydrogen-bond acceptors (Lipinski definition) is 2. The highest BCUT2D eigenvalue weighted by atomic mass is 16.3. The molecule has 3 N–H and O–H groups in total. The average Bonchev–Trinajstić information content (AvgIpc) is 2.61. The molecule has 4 heteroatoms. The van der Waals surface area contributed by atoms with E-state index in [1.165, 1.54) is 0 Å². The molecule has 84 valence electrons. The van der Waals surface area contributed by atoms with E-state index in [1.54, 1.807) is 12.3 Å². The Morgan fingerprint density at radius 2 is 2.40 bits per heavy atom. The van der Waals surface area contributed by atoms with Gasteiger partial charge in [0.2, 0.25) is 0 Å². The van der Waals surface area contributed by atoms with Gasteiger partial charge < -0.3 is 15.4 Å². The lowest BCUT2D eigenvalue weighted by Crippen LogP contribution is -2.32. The van der Waals surface area contributed by atoms with Crippen LogP contribution in [-0.2, 0) is 0 Å². The highest BCUT2D eigenvalue weighted by molar-refractivity contribution is 5.95. The lowest BCUT2D eigenvalue weighted by molar-refractivity contribution is 0.0909. The number of carbonyl (C=O) groups excluding carboxylic acids is 1. The molecule has 0 spiro atoms. The first-order valence-electron chi connectivity index (χ1n) is 5.25. The van der Waals surface area contributed by atoms with Crippen molar-refractivity contribution in [3.8, 4) is 0 Å². The maximum atomic E-state index is 11.6. The Labute approximate surface area is 89.7 Å². The zero-order chi connectivity index (χ0) is 11.3. The SMILES string of the molecule is CCCC(O)CNC(=O)c1cc[nH]c1C. The Morgan fingerprint density at radius 1 is 1.67 bits per heavy atom. The molecule has 0 saturated carbocycles. The van der Waals surface area contributed by atoms with Crippen molar-refractivity contribution in [3.05, 3.63) is 23.5 Å². The van der Waals surface area contributed by atoms with Crippen molar-refractivity contribution >= 4 is 5.91 Å². The fourth-order valence-corrected chi connectivity index (χ4v) is 1.44. The van der Waals surface area contributed by atoms with E-state index in [0.717, 1.165) is 12.1 Å². The molecular formula is C11H18N2O2. The number of aliphatic hydroxyl groups excluding tert-OH is 1. The van der Waals surface area contributed by atoms with E-state index in [-0.39, 0.29) is 5.91 Å². The predicted molar refractivity (Wildman–Crippen MR) is 58.8 cm³/mol. The summed E-state index contributed by atoms with van der Waals surface area (Å²) >= 11 is 0. The number of H-pyrrole nitrogens is 1. The van der Waals surface area contributed by atoms with Crippen molar-refractivity contribution in [1.29, 1.82) is 0 Å². The van der Waals surface area contributed by atoms with Crippen molar-refractivity contribution in [3.63, 3.8) is 0 Å². The molecule has 0 fully saturated rings. The standard InChI is InChI=1S/C11H18N2O2/c1-3-4-9(14)7-13-11(15)10-5-6-12-8(10)2/h5-6,9,12,14H,3-4,7H2,1-2H3,(H,13,15). The number of aromatic nitrogens is 1. The lowest BCUT2D eigenvalue weighted by Gasteiger charge is -2.10. The summed E-state index contributed by atoms with van der Waals surface area (Å²) in [5, 5.41) is 12.1. The molecule has 15 heavy (non-hydrogen) atoms. The van der Waals surface area contributed by atoms with Crippen molar-refractivity contribution in [1.82, 2.24) is 10.3 Å². The van der Waals surface area contributed by atoms with Gasteiger partial charge in [0.15, 0.2) is 0 Å². The van der Waals surface area contributed by atoms with Gasteiger partial charge >= 0.3 is 0 Å². The van der Waals surface area contributed by atoms with Crippen LogP contribution in [0.4, 0.5) is 0 Å². The topological polar surface area (TPSA) is 65.1 Å². The van der Waals surface area contributed by atoms with Crippen LogP contribution in [-0.4, -0.2) is 28.6 Å². The van der Waals surface area contributed by atoms with Gasteiger partial charge in [-0.25, -0.2) is 0 Å². The molecule has 4 nitrogen and oxygen atoms in total. The minimum absolute atomic E-state index is 0.135. The number of aryl methyl sites for hydroxylation is 1. The minimum Gasteiger partial charge on any atom is -0.391 e. The predicted octanol–water partition coefficient (Wildman–Crippen LogP) is 1.21. The summed E-state index contributed by atoms with van der Waals surface area (Å²) in [6, 6.07) is 1.73. The molecule has 1 unspecified atom stereocenters. The van der Waals surface area contributed by atoms with Gasteiger partial charge in [-0.2, -0.15) is 0 Å². The number of amides is 1. The van der Waals surface area contributed by atoms with E-state index in [9.17, 15) is 9.90 Å². The van der Waals surface area contributed by atoms with Crippen molar-refractivity contribution < 1.29 is 9.90 Å². The molecule has 0 aromatic carbocycles. The van der Waals surface area contributed by atoms with Crippen LogP contribution < -0.4 is 5.32 Å². The normalized spacial score (nSPS) is 12.5. The van der Waals surface area contributed by atoms with Gasteiger partial charge in [-0.05, 0) is 19.4 Å². The second-order valence-electron chi connectivity index (χ2n) is 3.67. The molecule has 0 aliphatic rings. The molecule has 0 aliphatic carbocycles. The van der Waals surface area contributed by atoms with Gasteiger partial charge in [0.1, 0.15) is 0 Å². The summed E-state index contributed by atoms with van der Waals surface area (Å²) in [6.45, 7) is 4.16. The van der Waals surface area contributed by atoms with E-state index >= 15 is 0 Å². The molecule has 1 heterocycles. The zero-order valence-corrected chi connectivity index (χ0v) is 9.21. The Hall–Kier alpha value is -1.29. The molecule has 0 radical (unpaired) electrons. The van der Waals surface area contributed by atoms with E-state index in [0.29, 0.717) is 18.5 Å². The maximum Gasteiger partial charge on any atom is 0.253 e. The van der Waals surface area contributed by atoms with Gasteiger partial charge in [-0.15, -0.1) is 0 Å². The second kappa shape index (κ2) is 5.56. The van der Waals surface area contributed by atoms with Crippen LogP contribution in [0.15, 0.2) is 12.3 Å². The fourth-order valence-electron chi connectivity index (χ4n) is 1.44. The van der Waals surface area contributed by atoms with E-state index in [4.69, 9.17) is 0 Å². The van der Waals surface area contributed by atoms with Crippen molar-refractivity contribution in [2.24, 2.45) is 0 Å². The molecule has 1 rings (SSSR count). The number of aliphatic hydroxyl groups is 1. The van der Waals surface area contributed by atoms with Crippen LogP contribution >= 0.6 is 0 Å². The van der Waals surface area contributed by atoms with Gasteiger partial charge in [-0.3, -0.25) is 4.79 Å². The van der Waals surface area contributed by atoms with Crippen LogP contribution in [0, 0.1) is 6.92 Å². The zero-order valence-electron chi connectivity index (χ0n) is 9.21. The summed E-state index contributed by atoms with van der Waals surface area (Å²) in [5.41, 5.74) is 1.48. The maximum absolute atomic E-state index is 11.6. The Kier molecular flexibility index (Phi) is 4.37. The van der Waals surface area contributed by atoms with Crippen LogP contribution in [0.25, 0.3) is 0 Å². The Balaban J connectivity index is 2.40. The molecule has 0 saturated heterocycles. The Morgan fingerprint density at radius 3 is 2.93 bits per heavy atom. The van der Waals surface area contributed by atoms with Crippen LogP contribution in [0.3, 0.4) is 0 Å². The van der Waals surface area contributed by atoms with Crippen molar-refractivity contribution in [2.75, 3.05) is 6.54 Å². The average molecular weight is 210 g/mol. The number of carbonyl (C=O) groups is 1. The molecular weight excluding hydrogens is 192 g/mol. The lowest BCUT2D eigenvalue weighted by atomic mass is 10.2. The quantitative estimate of drug-likeness (QED) is 0.684. The molecule has 0 bridgehead atoms. The minimum atomic E-state index is -0.446. The molecule has 0 aliphatic heterocycles. The molecule has 1 aromatic rings. The molecule has 1 aromatic heterocycles. The Bertz CT molecular complexity index is 320. The highest BCUT2D eigenvalue weighted by Gasteiger charge is 2.10. The fraction of sp³-hybridized carbons (Fsp3) is 0.545. The first-order valence-corrected chi connectivity index (χ1v) is 5.25. The summed E-state index contributed by atoms with van der Waals surface area (Å²) < 4.78 is 0. The number of aromatic amines is 1. The number of nitrogens with one attached hydrogen (secondary N) is 2. The summed E-state index contributed by atoms with van der Waals surface area (Å²) in [6.07, 6.45) is 2.91. The van der Waals surface area contributed by atoms with Crippen LogP contribution in [0.2, 0.25) is 0 Å². The summed E-state index contributed by atoms with van der Waals surface area (Å²) in [5.74, 6) is -0.135. The van der Waals surface area contributed by atoms with E-state index < -0.39 is 6.10 Å². The molecule has 1 amide bonds. The van der Waals surface area contributed by atoms with Gasteiger partial charge in [0.05, 0.1) is 11.7 Å². The summed E-state index contributed by atoms with van der Waals surface area (Å²) in [4.78, 5) is 14.5. The smallest absolute Gasteiger partial charge is 0.253 e. The van der Waals surface area contributed by atoms with Gasteiger partial charge in [0, 0.05) is 18.4 Å². The molecule has 1 atom stereocenters. The van der Waals surface area contributed by atoms with Gasteiger partial charge in [0.25, 0.3) is 5.91 Å². The highest BCUT2D eigenvalue weighted by Crippen LogP contribution is 2.04. The third-order valence-electron chi connectivity index (χ3n) is 2.32. The second-order valence-corrected chi connectivity index (χ2v) is 3.67. The largest absolute Gasteiger partial charge is 0.391 e. The van der Waals surface area contributed by atoms with Crippen molar-refractivity contribution in [2.45, 2.75) is 32.8 Å². The summed E-state index contributed by atoms with van der Waals surface area (Å²) in [7, 11) is 0. The van der Waals surface area contributed by atoms with Crippen LogP contribution in [0.1, 0.15) is 35.8 Å².